The molecule has 1 saturated carbocycles. The highest BCUT2D eigenvalue weighted by molar-refractivity contribution is 9.10. The molecule has 0 aromatic heterocycles. The molecule has 2 rings (SSSR count). The predicted molar refractivity (Wildman–Crippen MR) is 69.8 cm³/mol. The van der Waals surface area contributed by atoms with E-state index in [-0.39, 0.29) is 12.0 Å². The van der Waals surface area contributed by atoms with Gasteiger partial charge in [-0.15, -0.1) is 0 Å². The number of carboxylic acid groups (broad SMARTS) is 1. The largest absolute Gasteiger partial charge is 0.481 e. The van der Waals surface area contributed by atoms with Crippen LogP contribution in [0, 0.1) is 5.92 Å². The minimum atomic E-state index is -0.664. The lowest BCUT2D eigenvalue weighted by molar-refractivity contribution is -0.148. The SMILES string of the molecule is CN(Cc1cccc(Br)c1)C1CCC1C(=O)O. The average molecular weight is 298 g/mol. The van der Waals surface area contributed by atoms with Crippen LogP contribution >= 0.6 is 15.9 Å². The van der Waals surface area contributed by atoms with Crippen molar-refractivity contribution in [2.24, 2.45) is 5.92 Å². The van der Waals surface area contributed by atoms with Gasteiger partial charge in [-0.05, 0) is 37.6 Å². The molecule has 1 aliphatic rings. The summed E-state index contributed by atoms with van der Waals surface area (Å²) in [5.74, 6) is -0.852. The quantitative estimate of drug-likeness (QED) is 0.929. The fourth-order valence-corrected chi connectivity index (χ4v) is 2.79. The minimum absolute atomic E-state index is 0.187. The van der Waals surface area contributed by atoms with Crippen LogP contribution in [0.15, 0.2) is 28.7 Å². The third-order valence-corrected chi connectivity index (χ3v) is 3.94. The van der Waals surface area contributed by atoms with Crippen LogP contribution in [0.4, 0.5) is 0 Å². The van der Waals surface area contributed by atoms with Crippen LogP contribution in [-0.2, 0) is 11.3 Å². The maximum absolute atomic E-state index is 11.0. The first-order chi connectivity index (χ1) is 8.08. The van der Waals surface area contributed by atoms with E-state index in [1.165, 1.54) is 5.56 Å². The van der Waals surface area contributed by atoms with Gasteiger partial charge in [-0.1, -0.05) is 28.1 Å². The minimum Gasteiger partial charge on any atom is -0.481 e. The van der Waals surface area contributed by atoms with E-state index in [0.29, 0.717) is 0 Å². The van der Waals surface area contributed by atoms with E-state index in [0.717, 1.165) is 23.9 Å². The van der Waals surface area contributed by atoms with Crippen molar-refractivity contribution in [2.45, 2.75) is 25.4 Å². The molecular formula is C13H16BrNO2. The van der Waals surface area contributed by atoms with Crippen LogP contribution in [0.3, 0.4) is 0 Å². The Kier molecular flexibility index (Phi) is 3.84. The molecule has 2 unspecified atom stereocenters. The van der Waals surface area contributed by atoms with Crippen LogP contribution in [0.2, 0.25) is 0 Å². The summed E-state index contributed by atoms with van der Waals surface area (Å²) in [6, 6.07) is 8.32. The highest BCUT2D eigenvalue weighted by atomic mass is 79.9. The van der Waals surface area contributed by atoms with E-state index in [2.05, 4.69) is 33.0 Å². The monoisotopic (exact) mass is 297 g/mol. The van der Waals surface area contributed by atoms with Gasteiger partial charge >= 0.3 is 5.97 Å². The Hall–Kier alpha value is -0.870. The Balaban J connectivity index is 1.97. The van der Waals surface area contributed by atoms with Gasteiger partial charge in [-0.25, -0.2) is 0 Å². The maximum Gasteiger partial charge on any atom is 0.308 e. The highest BCUT2D eigenvalue weighted by Gasteiger charge is 2.38. The van der Waals surface area contributed by atoms with Crippen molar-refractivity contribution in [3.05, 3.63) is 34.3 Å². The number of halogens is 1. The summed E-state index contributed by atoms with van der Waals surface area (Å²) < 4.78 is 1.06. The van der Waals surface area contributed by atoms with Crippen LogP contribution in [0.1, 0.15) is 18.4 Å². The van der Waals surface area contributed by atoms with Gasteiger partial charge in [0.05, 0.1) is 5.92 Å². The second kappa shape index (κ2) is 5.19. The predicted octanol–water partition coefficient (Wildman–Crippen LogP) is 2.74. The van der Waals surface area contributed by atoms with Gasteiger partial charge < -0.3 is 5.11 Å². The van der Waals surface area contributed by atoms with Gasteiger partial charge in [-0.3, -0.25) is 9.69 Å². The molecule has 0 spiro atoms. The Morgan fingerprint density at radius 2 is 2.29 bits per heavy atom. The lowest BCUT2D eigenvalue weighted by atomic mass is 9.78. The Bertz CT molecular complexity index is 422. The molecule has 92 valence electrons. The standard InChI is InChI=1S/C13H16BrNO2/c1-15(12-6-5-11(12)13(16)17)8-9-3-2-4-10(14)7-9/h2-4,7,11-12H,5-6,8H2,1H3,(H,16,17). The smallest absolute Gasteiger partial charge is 0.308 e. The fraction of sp³-hybridized carbons (Fsp3) is 0.462. The molecule has 0 amide bonds. The lowest BCUT2D eigenvalue weighted by Crippen LogP contribution is -2.48. The number of carboxylic acids is 1. The lowest BCUT2D eigenvalue weighted by Gasteiger charge is -2.40. The summed E-state index contributed by atoms with van der Waals surface area (Å²) in [5.41, 5.74) is 1.21. The fourth-order valence-electron chi connectivity index (χ4n) is 2.34. The molecule has 0 bridgehead atoms. The molecule has 1 fully saturated rings. The number of rotatable bonds is 4. The third kappa shape index (κ3) is 2.87. The van der Waals surface area contributed by atoms with Gasteiger partial charge in [0.2, 0.25) is 0 Å². The van der Waals surface area contributed by atoms with Crippen molar-refractivity contribution in [3.63, 3.8) is 0 Å². The summed E-state index contributed by atoms with van der Waals surface area (Å²) in [4.78, 5) is 13.1. The molecule has 3 nitrogen and oxygen atoms in total. The van der Waals surface area contributed by atoms with Crippen molar-refractivity contribution in [2.75, 3.05) is 7.05 Å². The second-order valence-corrected chi connectivity index (χ2v) is 5.55. The average Bonchev–Trinajstić information content (AvgIpc) is 2.13. The third-order valence-electron chi connectivity index (χ3n) is 3.44. The molecular weight excluding hydrogens is 282 g/mol. The number of aliphatic carboxylic acids is 1. The van der Waals surface area contributed by atoms with Gasteiger partial charge in [0.1, 0.15) is 0 Å². The molecule has 0 radical (unpaired) electrons. The first-order valence-electron chi connectivity index (χ1n) is 5.75. The summed E-state index contributed by atoms with van der Waals surface area (Å²) in [5, 5.41) is 9.03. The number of hydrogen-bond acceptors (Lipinski definition) is 2. The molecule has 1 aromatic carbocycles. The van der Waals surface area contributed by atoms with Gasteiger partial charge in [-0.2, -0.15) is 0 Å². The van der Waals surface area contributed by atoms with E-state index in [4.69, 9.17) is 5.11 Å². The topological polar surface area (TPSA) is 40.5 Å². The van der Waals surface area contributed by atoms with Gasteiger partial charge in [0.15, 0.2) is 0 Å². The summed E-state index contributed by atoms with van der Waals surface area (Å²) in [6.45, 7) is 0.799. The second-order valence-electron chi connectivity index (χ2n) is 4.63. The number of hydrogen-bond donors (Lipinski definition) is 1. The molecule has 2 atom stereocenters. The van der Waals surface area contributed by atoms with Crippen LogP contribution in [0.5, 0.6) is 0 Å². The first kappa shape index (κ1) is 12.6. The summed E-state index contributed by atoms with van der Waals surface area (Å²) >= 11 is 3.44. The Labute approximate surface area is 110 Å². The van der Waals surface area contributed by atoms with Crippen molar-refractivity contribution in [1.82, 2.24) is 4.90 Å². The Morgan fingerprint density at radius 1 is 1.53 bits per heavy atom. The zero-order valence-electron chi connectivity index (χ0n) is 9.77. The van der Waals surface area contributed by atoms with E-state index >= 15 is 0 Å². The first-order valence-corrected chi connectivity index (χ1v) is 6.54. The van der Waals surface area contributed by atoms with E-state index in [1.807, 2.05) is 19.2 Å². The van der Waals surface area contributed by atoms with Crippen molar-refractivity contribution in [3.8, 4) is 0 Å². The Morgan fingerprint density at radius 3 is 2.82 bits per heavy atom. The molecule has 0 aliphatic heterocycles. The molecule has 1 aliphatic carbocycles. The van der Waals surface area contributed by atoms with Gasteiger partial charge in [0, 0.05) is 17.1 Å². The molecule has 1 N–H and O–H groups in total. The van der Waals surface area contributed by atoms with Crippen LogP contribution in [0.25, 0.3) is 0 Å². The number of carbonyl (C=O) groups is 1. The zero-order chi connectivity index (χ0) is 12.4. The molecule has 4 heteroatoms. The molecule has 0 saturated heterocycles. The maximum atomic E-state index is 11.0. The highest BCUT2D eigenvalue weighted by Crippen LogP contribution is 2.32. The molecule has 1 aromatic rings. The summed E-state index contributed by atoms with van der Waals surface area (Å²) in [7, 11) is 2.00. The van der Waals surface area contributed by atoms with Crippen LogP contribution < -0.4 is 0 Å². The van der Waals surface area contributed by atoms with Crippen molar-refractivity contribution in [1.29, 1.82) is 0 Å². The number of nitrogens with zero attached hydrogens (tertiary/aromatic N) is 1. The van der Waals surface area contributed by atoms with E-state index < -0.39 is 5.97 Å². The summed E-state index contributed by atoms with van der Waals surface area (Å²) in [6.07, 6.45) is 1.80. The van der Waals surface area contributed by atoms with Crippen molar-refractivity contribution < 1.29 is 9.90 Å². The molecule has 17 heavy (non-hydrogen) atoms. The molecule has 0 heterocycles. The van der Waals surface area contributed by atoms with E-state index in [1.54, 1.807) is 0 Å². The van der Waals surface area contributed by atoms with Crippen molar-refractivity contribution >= 4 is 21.9 Å². The zero-order valence-corrected chi connectivity index (χ0v) is 11.4. The van der Waals surface area contributed by atoms with Crippen LogP contribution in [-0.4, -0.2) is 29.1 Å². The van der Waals surface area contributed by atoms with Gasteiger partial charge in [0.25, 0.3) is 0 Å². The van der Waals surface area contributed by atoms with E-state index in [9.17, 15) is 4.79 Å². The number of benzene rings is 1. The normalized spacial score (nSPS) is 23.5.